The molecule has 12 heteroatoms. The normalized spacial score (nSPS) is 18.2. The minimum Gasteiger partial charge on any atom is -0.371 e. The van der Waals surface area contributed by atoms with E-state index in [2.05, 4.69) is 9.98 Å². The van der Waals surface area contributed by atoms with Gasteiger partial charge in [-0.05, 0) is 47.5 Å². The van der Waals surface area contributed by atoms with Crippen molar-refractivity contribution in [1.82, 2.24) is 14.2 Å². The third-order valence-corrected chi connectivity index (χ3v) is 6.87. The van der Waals surface area contributed by atoms with E-state index in [1.165, 1.54) is 75.9 Å². The molecule has 1 amide bonds. The van der Waals surface area contributed by atoms with Crippen molar-refractivity contribution >= 4 is 22.2 Å². The Morgan fingerprint density at radius 1 is 1.03 bits per heavy atom. The Bertz CT molecular complexity index is 1460. The number of nitrogens with zero attached hydrogens (tertiary/aromatic N) is 4. The fourth-order valence-corrected chi connectivity index (χ4v) is 4.19. The second kappa shape index (κ2) is 8.71. The highest BCUT2D eigenvalue weighted by molar-refractivity contribution is 7.84. The van der Waals surface area contributed by atoms with Crippen LogP contribution in [-0.2, 0) is 20.6 Å². The van der Waals surface area contributed by atoms with Crippen LogP contribution in [0.15, 0.2) is 65.8 Å². The molecule has 1 unspecified atom stereocenters. The number of rotatable bonds is 6. The molecule has 0 aliphatic carbocycles. The van der Waals surface area contributed by atoms with Gasteiger partial charge in [0, 0.05) is 38.5 Å². The van der Waals surface area contributed by atoms with Crippen molar-refractivity contribution in [2.24, 2.45) is 10.7 Å². The van der Waals surface area contributed by atoms with Crippen molar-refractivity contribution in [3.8, 4) is 16.9 Å². The Balaban J connectivity index is 1.94. The number of hydrogen-bond acceptors (Lipinski definition) is 7. The van der Waals surface area contributed by atoms with Gasteiger partial charge in [0.1, 0.15) is 11.6 Å². The molecule has 0 saturated heterocycles. The number of guanidine groups is 1. The summed E-state index contributed by atoms with van der Waals surface area (Å²) >= 11 is 0. The highest BCUT2D eigenvalue weighted by atomic mass is 32.2. The summed E-state index contributed by atoms with van der Waals surface area (Å²) < 4.78 is 59.6. The zero-order valence-electron chi connectivity index (χ0n) is 18.9. The fourth-order valence-electron chi connectivity index (χ4n) is 3.70. The molecule has 35 heavy (non-hydrogen) atoms. The number of aliphatic imine (C=N–C) groups is 1. The van der Waals surface area contributed by atoms with Crippen LogP contribution in [0.25, 0.3) is 11.1 Å². The van der Waals surface area contributed by atoms with E-state index in [-0.39, 0.29) is 34.0 Å². The molecule has 4 rings (SSSR count). The van der Waals surface area contributed by atoms with Crippen molar-refractivity contribution in [2.45, 2.75) is 5.54 Å². The second-order valence-corrected chi connectivity index (χ2v) is 9.68. The SMILES string of the molecule is CN1C(=O)C(c2cccc(OS(=O)(=O)N(C)C)c2)(c2ccc(F)c(-c3cccnc3F)c2)N=C1N. The maximum absolute atomic E-state index is 14.8. The molecule has 9 nitrogen and oxygen atoms in total. The number of nitrogens with two attached hydrogens (primary N) is 1. The van der Waals surface area contributed by atoms with Crippen LogP contribution < -0.4 is 9.92 Å². The summed E-state index contributed by atoms with van der Waals surface area (Å²) in [5, 5.41) is 0. The number of halogens is 2. The standard InChI is InChI=1S/C23H21F2N5O4S/c1-29(2)35(32,33)34-16-7-4-6-14(12-16)23(21(31)30(3)22(26)28-23)15-9-10-19(24)18(13-15)17-8-5-11-27-20(17)25/h4-13H,1-3H3,(H2,26,28). The molecule has 182 valence electrons. The average Bonchev–Trinajstić information content (AvgIpc) is 3.04. The number of pyridine rings is 1. The van der Waals surface area contributed by atoms with E-state index >= 15 is 0 Å². The number of amides is 1. The molecule has 1 aliphatic heterocycles. The molecule has 2 heterocycles. The highest BCUT2D eigenvalue weighted by Crippen LogP contribution is 2.42. The largest absolute Gasteiger partial charge is 0.384 e. The number of aromatic nitrogens is 1. The number of hydrogen-bond donors (Lipinski definition) is 1. The summed E-state index contributed by atoms with van der Waals surface area (Å²) in [5.74, 6) is -2.39. The Morgan fingerprint density at radius 2 is 1.74 bits per heavy atom. The first-order valence-corrected chi connectivity index (χ1v) is 11.6. The predicted molar refractivity (Wildman–Crippen MR) is 124 cm³/mol. The van der Waals surface area contributed by atoms with E-state index in [9.17, 15) is 22.0 Å². The molecule has 2 aromatic carbocycles. The van der Waals surface area contributed by atoms with Crippen molar-refractivity contribution in [1.29, 1.82) is 0 Å². The van der Waals surface area contributed by atoms with E-state index in [1.54, 1.807) is 0 Å². The lowest BCUT2D eigenvalue weighted by atomic mass is 9.81. The number of likely N-dealkylation sites (N-methyl/N-ethyl adjacent to an activating group) is 1. The predicted octanol–water partition coefficient (Wildman–Crippen LogP) is 2.24. The van der Waals surface area contributed by atoms with Crippen molar-refractivity contribution in [3.05, 3.63) is 83.7 Å². The number of carbonyl (C=O) groups is 1. The van der Waals surface area contributed by atoms with Crippen LogP contribution >= 0.6 is 0 Å². The molecule has 0 fully saturated rings. The molecule has 3 aromatic rings. The van der Waals surface area contributed by atoms with Gasteiger partial charge in [0.25, 0.3) is 5.91 Å². The van der Waals surface area contributed by atoms with Crippen LogP contribution in [0.3, 0.4) is 0 Å². The maximum atomic E-state index is 14.8. The van der Waals surface area contributed by atoms with Crippen LogP contribution in [0.4, 0.5) is 8.78 Å². The molecule has 0 spiro atoms. The number of benzene rings is 2. The quantitative estimate of drug-likeness (QED) is 0.518. The van der Waals surface area contributed by atoms with Crippen LogP contribution in [-0.4, -0.2) is 55.6 Å². The fraction of sp³-hybridized carbons (Fsp3) is 0.174. The van der Waals surface area contributed by atoms with E-state index in [4.69, 9.17) is 9.92 Å². The minimum absolute atomic E-state index is 0.0765. The van der Waals surface area contributed by atoms with Gasteiger partial charge in [0.05, 0.1) is 0 Å². The van der Waals surface area contributed by atoms with Gasteiger partial charge >= 0.3 is 10.3 Å². The summed E-state index contributed by atoms with van der Waals surface area (Å²) in [5.41, 5.74) is 4.33. The molecular weight excluding hydrogens is 480 g/mol. The zero-order valence-corrected chi connectivity index (χ0v) is 19.8. The van der Waals surface area contributed by atoms with Gasteiger partial charge < -0.3 is 9.92 Å². The Kier molecular flexibility index (Phi) is 6.03. The lowest BCUT2D eigenvalue weighted by molar-refractivity contribution is -0.129. The monoisotopic (exact) mass is 501 g/mol. The third-order valence-electron chi connectivity index (χ3n) is 5.57. The number of carbonyl (C=O) groups excluding carboxylic acids is 1. The molecule has 0 saturated carbocycles. The minimum atomic E-state index is -4.08. The Labute approximate surface area is 200 Å². The van der Waals surface area contributed by atoms with Crippen LogP contribution in [0, 0.1) is 11.8 Å². The van der Waals surface area contributed by atoms with Crippen molar-refractivity contribution in [3.63, 3.8) is 0 Å². The molecule has 1 atom stereocenters. The Morgan fingerprint density at radius 3 is 2.37 bits per heavy atom. The van der Waals surface area contributed by atoms with Crippen LogP contribution in [0.1, 0.15) is 11.1 Å². The van der Waals surface area contributed by atoms with Gasteiger partial charge in [-0.3, -0.25) is 9.69 Å². The smallest absolute Gasteiger partial charge is 0.371 e. The molecular formula is C23H21F2N5O4S. The summed E-state index contributed by atoms with van der Waals surface area (Å²) in [7, 11) is -0.0547. The zero-order chi connectivity index (χ0) is 25.5. The van der Waals surface area contributed by atoms with Gasteiger partial charge in [-0.25, -0.2) is 14.4 Å². The molecule has 1 aromatic heterocycles. The first-order valence-electron chi connectivity index (χ1n) is 10.2. The second-order valence-electron chi connectivity index (χ2n) is 7.93. The van der Waals surface area contributed by atoms with E-state index < -0.39 is 33.5 Å². The lowest BCUT2D eigenvalue weighted by Gasteiger charge is -2.27. The van der Waals surface area contributed by atoms with Crippen LogP contribution in [0.2, 0.25) is 0 Å². The van der Waals surface area contributed by atoms with E-state index in [1.807, 2.05) is 0 Å². The third kappa shape index (κ3) is 4.10. The summed E-state index contributed by atoms with van der Waals surface area (Å²) in [4.78, 5) is 22.6. The average molecular weight is 502 g/mol. The van der Waals surface area contributed by atoms with E-state index in [0.717, 1.165) is 15.3 Å². The van der Waals surface area contributed by atoms with Gasteiger partial charge in [-0.2, -0.15) is 17.1 Å². The first kappa shape index (κ1) is 24.2. The molecule has 0 bridgehead atoms. The van der Waals surface area contributed by atoms with Gasteiger partial charge in [0.2, 0.25) is 5.95 Å². The topological polar surface area (TPSA) is 118 Å². The first-order chi connectivity index (χ1) is 16.5. The van der Waals surface area contributed by atoms with Crippen LogP contribution in [0.5, 0.6) is 5.75 Å². The Hall–Kier alpha value is -3.90. The van der Waals surface area contributed by atoms with Crippen molar-refractivity contribution < 1.29 is 26.2 Å². The lowest BCUT2D eigenvalue weighted by Crippen LogP contribution is -2.41. The van der Waals surface area contributed by atoms with Gasteiger partial charge in [-0.15, -0.1) is 0 Å². The van der Waals surface area contributed by atoms with E-state index in [0.29, 0.717) is 0 Å². The molecule has 2 N–H and O–H groups in total. The maximum Gasteiger partial charge on any atom is 0.384 e. The summed E-state index contributed by atoms with van der Waals surface area (Å²) in [6.07, 6.45) is 1.23. The highest BCUT2D eigenvalue weighted by Gasteiger charge is 2.50. The summed E-state index contributed by atoms with van der Waals surface area (Å²) in [6.45, 7) is 0. The van der Waals surface area contributed by atoms with Gasteiger partial charge in [0.15, 0.2) is 11.5 Å². The van der Waals surface area contributed by atoms with Gasteiger partial charge in [-0.1, -0.05) is 18.2 Å². The summed E-state index contributed by atoms with van der Waals surface area (Å²) in [6, 6.07) is 12.3. The molecule has 0 radical (unpaired) electrons. The molecule has 1 aliphatic rings. The van der Waals surface area contributed by atoms with Crippen molar-refractivity contribution in [2.75, 3.05) is 21.1 Å².